The smallest absolute Gasteiger partial charge is 0.194 e. The van der Waals surface area contributed by atoms with Gasteiger partial charge in [0.2, 0.25) is 0 Å². The van der Waals surface area contributed by atoms with Crippen LogP contribution >= 0.6 is 11.3 Å². The first kappa shape index (κ1) is 20.4. The van der Waals surface area contributed by atoms with E-state index < -0.39 is 0 Å². The maximum Gasteiger partial charge on any atom is 0.194 e. The van der Waals surface area contributed by atoms with E-state index in [1.54, 1.807) is 54.6 Å². The minimum Gasteiger partial charge on any atom is -0.340 e. The molecule has 2 heterocycles. The van der Waals surface area contributed by atoms with Gasteiger partial charge in [0.1, 0.15) is 22.8 Å². The fourth-order valence-electron chi connectivity index (χ4n) is 4.42. The van der Waals surface area contributed by atoms with Crippen molar-refractivity contribution in [3.63, 3.8) is 0 Å². The number of nitrogens with one attached hydrogen (secondary N) is 1. The molecule has 0 aliphatic heterocycles. The SMILES string of the molecule is Cc1sc2ncnc(Nc3ccc4c(c3)C(=O)c3ccccc3C4=O)c2c1-c1ccc(F)cc1. The lowest BCUT2D eigenvalue weighted by atomic mass is 9.84. The molecule has 0 radical (unpaired) electrons. The molecule has 7 heteroatoms. The quantitative estimate of drug-likeness (QED) is 0.331. The van der Waals surface area contributed by atoms with Crippen LogP contribution in [-0.4, -0.2) is 21.5 Å². The van der Waals surface area contributed by atoms with Crippen LogP contribution in [0.2, 0.25) is 0 Å². The zero-order chi connectivity index (χ0) is 23.4. The van der Waals surface area contributed by atoms with Crippen LogP contribution in [-0.2, 0) is 0 Å². The number of aryl methyl sites for hydroxylation is 1. The highest BCUT2D eigenvalue weighted by atomic mass is 32.1. The molecule has 5 aromatic rings. The summed E-state index contributed by atoms with van der Waals surface area (Å²) in [6.45, 7) is 2.00. The highest BCUT2D eigenvalue weighted by Crippen LogP contribution is 2.41. The summed E-state index contributed by atoms with van der Waals surface area (Å²) in [5, 5.41) is 4.13. The van der Waals surface area contributed by atoms with Crippen molar-refractivity contribution in [1.82, 2.24) is 9.97 Å². The Balaban J connectivity index is 1.45. The van der Waals surface area contributed by atoms with Gasteiger partial charge in [-0.05, 0) is 42.8 Å². The second-order valence-electron chi connectivity index (χ2n) is 8.03. The Kier molecular flexibility index (Phi) is 4.60. The van der Waals surface area contributed by atoms with Crippen LogP contribution in [0.1, 0.15) is 36.7 Å². The third-order valence-corrected chi connectivity index (χ3v) is 7.00. The van der Waals surface area contributed by atoms with Crippen molar-refractivity contribution in [2.45, 2.75) is 6.92 Å². The molecule has 1 aliphatic rings. The number of nitrogens with zero attached hydrogens (tertiary/aromatic N) is 2. The molecule has 0 amide bonds. The van der Waals surface area contributed by atoms with E-state index in [1.807, 2.05) is 6.92 Å². The lowest BCUT2D eigenvalue weighted by molar-refractivity contribution is 0.0979. The van der Waals surface area contributed by atoms with E-state index in [0.717, 1.165) is 26.2 Å². The molecule has 0 atom stereocenters. The summed E-state index contributed by atoms with van der Waals surface area (Å²) in [5.41, 5.74) is 4.02. The van der Waals surface area contributed by atoms with E-state index in [0.29, 0.717) is 33.8 Å². The van der Waals surface area contributed by atoms with Gasteiger partial charge in [-0.1, -0.05) is 36.4 Å². The predicted octanol–water partition coefficient (Wildman–Crippen LogP) is 6.32. The molecule has 1 aliphatic carbocycles. The Morgan fingerprint density at radius 1 is 0.824 bits per heavy atom. The Bertz CT molecular complexity index is 1640. The van der Waals surface area contributed by atoms with Crippen molar-refractivity contribution in [3.8, 4) is 11.1 Å². The third-order valence-electron chi connectivity index (χ3n) is 5.99. The second-order valence-corrected chi connectivity index (χ2v) is 9.23. The molecule has 0 bridgehead atoms. The van der Waals surface area contributed by atoms with Crippen LogP contribution in [0.15, 0.2) is 73.1 Å². The summed E-state index contributed by atoms with van der Waals surface area (Å²) >= 11 is 1.53. The normalized spacial score (nSPS) is 12.5. The van der Waals surface area contributed by atoms with E-state index in [2.05, 4.69) is 15.3 Å². The largest absolute Gasteiger partial charge is 0.340 e. The van der Waals surface area contributed by atoms with Crippen LogP contribution in [0.5, 0.6) is 0 Å². The van der Waals surface area contributed by atoms with Crippen molar-refractivity contribution >= 4 is 44.6 Å². The second kappa shape index (κ2) is 7.67. The fraction of sp³-hybridized carbons (Fsp3) is 0.0370. The molecular formula is C27H16FN3O2S. The summed E-state index contributed by atoms with van der Waals surface area (Å²) in [5.74, 6) is -0.0673. The number of carbonyl (C=O) groups is 2. The number of fused-ring (bicyclic) bond motifs is 3. The van der Waals surface area contributed by atoms with Crippen molar-refractivity contribution in [2.75, 3.05) is 5.32 Å². The molecule has 164 valence electrons. The van der Waals surface area contributed by atoms with Crippen LogP contribution in [0.25, 0.3) is 21.3 Å². The number of ketones is 2. The lowest BCUT2D eigenvalue weighted by Gasteiger charge is -2.18. The molecule has 0 saturated carbocycles. The molecule has 3 aromatic carbocycles. The molecule has 0 fully saturated rings. The number of halogens is 1. The van der Waals surface area contributed by atoms with Gasteiger partial charge in [-0.15, -0.1) is 11.3 Å². The zero-order valence-electron chi connectivity index (χ0n) is 17.9. The summed E-state index contributed by atoms with van der Waals surface area (Å²) < 4.78 is 13.5. The van der Waals surface area contributed by atoms with Gasteiger partial charge in [0.25, 0.3) is 0 Å². The standard InChI is InChI=1S/C27H16FN3O2S/c1-14-22(15-6-8-16(28)9-7-15)23-26(29-13-30-27(23)34-14)31-17-10-11-20-21(12-17)25(33)19-5-3-2-4-18(19)24(20)32/h2-13H,1H3,(H,29,30,31). The number of benzene rings is 3. The van der Waals surface area contributed by atoms with E-state index in [1.165, 1.54) is 29.8 Å². The Hall–Kier alpha value is -4.23. The topological polar surface area (TPSA) is 72.0 Å². The number of hydrogen-bond acceptors (Lipinski definition) is 6. The fourth-order valence-corrected chi connectivity index (χ4v) is 5.43. The van der Waals surface area contributed by atoms with Crippen LogP contribution in [0, 0.1) is 12.7 Å². The Labute approximate surface area is 197 Å². The maximum absolute atomic E-state index is 13.5. The molecule has 2 aromatic heterocycles. The highest BCUT2D eigenvalue weighted by molar-refractivity contribution is 7.19. The highest BCUT2D eigenvalue weighted by Gasteiger charge is 2.29. The van der Waals surface area contributed by atoms with Gasteiger partial charge < -0.3 is 5.32 Å². The van der Waals surface area contributed by atoms with E-state index in [4.69, 9.17) is 0 Å². The predicted molar refractivity (Wildman–Crippen MR) is 131 cm³/mol. The summed E-state index contributed by atoms with van der Waals surface area (Å²) in [6, 6.07) is 18.3. The minimum absolute atomic E-state index is 0.159. The monoisotopic (exact) mass is 465 g/mol. The minimum atomic E-state index is -0.301. The molecule has 34 heavy (non-hydrogen) atoms. The van der Waals surface area contributed by atoms with Crippen LogP contribution in [0.3, 0.4) is 0 Å². The van der Waals surface area contributed by atoms with Gasteiger partial charge in [-0.3, -0.25) is 9.59 Å². The first-order valence-corrected chi connectivity index (χ1v) is 11.4. The van der Waals surface area contributed by atoms with Crippen molar-refractivity contribution in [2.24, 2.45) is 0 Å². The zero-order valence-corrected chi connectivity index (χ0v) is 18.7. The van der Waals surface area contributed by atoms with Gasteiger partial charge >= 0.3 is 0 Å². The van der Waals surface area contributed by atoms with E-state index in [9.17, 15) is 14.0 Å². The summed E-state index contributed by atoms with van der Waals surface area (Å²) in [4.78, 5) is 36.7. The molecule has 0 spiro atoms. The van der Waals surface area contributed by atoms with Gasteiger partial charge in [-0.2, -0.15) is 0 Å². The number of aromatic nitrogens is 2. The lowest BCUT2D eigenvalue weighted by Crippen LogP contribution is -2.20. The summed E-state index contributed by atoms with van der Waals surface area (Å²) in [6.07, 6.45) is 1.48. The number of anilines is 2. The number of carbonyl (C=O) groups excluding carboxylic acids is 2. The average Bonchev–Trinajstić information content (AvgIpc) is 3.20. The van der Waals surface area contributed by atoms with Crippen LogP contribution < -0.4 is 5.32 Å². The molecule has 5 nitrogen and oxygen atoms in total. The maximum atomic E-state index is 13.5. The number of thiophene rings is 1. The van der Waals surface area contributed by atoms with Gasteiger partial charge in [0.05, 0.1) is 5.39 Å². The number of hydrogen-bond donors (Lipinski definition) is 1. The third kappa shape index (κ3) is 3.13. The first-order chi connectivity index (χ1) is 16.5. The molecular weight excluding hydrogens is 449 g/mol. The van der Waals surface area contributed by atoms with Gasteiger partial charge in [0.15, 0.2) is 11.6 Å². The molecule has 1 N–H and O–H groups in total. The van der Waals surface area contributed by atoms with Gasteiger partial charge in [-0.25, -0.2) is 14.4 Å². The van der Waals surface area contributed by atoms with Crippen molar-refractivity contribution in [1.29, 1.82) is 0 Å². The average molecular weight is 466 g/mol. The Morgan fingerprint density at radius 3 is 2.24 bits per heavy atom. The molecule has 0 unspecified atom stereocenters. The molecule has 0 saturated heterocycles. The van der Waals surface area contributed by atoms with Crippen molar-refractivity contribution in [3.05, 3.63) is 106 Å². The van der Waals surface area contributed by atoms with Gasteiger partial charge in [0, 0.05) is 38.4 Å². The summed E-state index contributed by atoms with van der Waals surface area (Å²) in [7, 11) is 0. The van der Waals surface area contributed by atoms with E-state index in [-0.39, 0.29) is 17.4 Å². The van der Waals surface area contributed by atoms with Crippen LogP contribution in [0.4, 0.5) is 15.9 Å². The Morgan fingerprint density at radius 2 is 1.50 bits per heavy atom. The number of rotatable bonds is 3. The van der Waals surface area contributed by atoms with E-state index >= 15 is 0 Å². The van der Waals surface area contributed by atoms with Crippen molar-refractivity contribution < 1.29 is 14.0 Å². The first-order valence-electron chi connectivity index (χ1n) is 10.6. The molecule has 6 rings (SSSR count).